The average Bonchev–Trinajstić information content (AvgIpc) is 2.62. The maximum atomic E-state index is 11.4. The molecule has 2 atom stereocenters. The minimum Gasteiger partial charge on any atom is -0.469 e. The summed E-state index contributed by atoms with van der Waals surface area (Å²) in [7, 11) is 3.53. The second-order valence-corrected chi connectivity index (χ2v) is 6.84. The summed E-state index contributed by atoms with van der Waals surface area (Å²) in [5.74, 6) is 0.690. The van der Waals surface area contributed by atoms with Gasteiger partial charge in [-0.2, -0.15) is 0 Å². The smallest absolute Gasteiger partial charge is 0.185 e. The van der Waals surface area contributed by atoms with Crippen LogP contribution in [0.5, 0.6) is 0 Å². The molecule has 0 amide bonds. The molecule has 144 valence electrons. The summed E-state index contributed by atoms with van der Waals surface area (Å²) in [6, 6.07) is 2.97. The third-order valence-electron chi connectivity index (χ3n) is 4.78. The first-order valence-corrected chi connectivity index (χ1v) is 9.82. The van der Waals surface area contributed by atoms with Crippen LogP contribution >= 0.6 is 0 Å². The summed E-state index contributed by atoms with van der Waals surface area (Å²) >= 11 is 0. The van der Waals surface area contributed by atoms with Gasteiger partial charge in [0.2, 0.25) is 0 Å². The van der Waals surface area contributed by atoms with Gasteiger partial charge in [-0.3, -0.25) is 4.79 Å². The van der Waals surface area contributed by atoms with Crippen LogP contribution in [-0.4, -0.2) is 26.4 Å². The van der Waals surface area contributed by atoms with Crippen LogP contribution in [0.15, 0.2) is 27.6 Å². The molecular weight excluding hydrogens is 316 g/mol. The van der Waals surface area contributed by atoms with Crippen LogP contribution in [0.2, 0.25) is 0 Å². The lowest BCUT2D eigenvalue weighted by Gasteiger charge is -2.18. The zero-order chi connectivity index (χ0) is 18.3. The Labute approximate surface area is 152 Å². The van der Waals surface area contributed by atoms with Gasteiger partial charge in [0.05, 0.1) is 18.5 Å². The van der Waals surface area contributed by atoms with Crippen LogP contribution in [0.4, 0.5) is 0 Å². The molecule has 0 radical (unpaired) electrons. The Bertz CT molecular complexity index is 483. The number of hydrogen-bond donors (Lipinski definition) is 0. The molecule has 1 heterocycles. The van der Waals surface area contributed by atoms with Gasteiger partial charge in [-0.1, -0.05) is 45.4 Å². The Morgan fingerprint density at radius 1 is 0.920 bits per heavy atom. The maximum absolute atomic E-state index is 11.4. The van der Waals surface area contributed by atoms with E-state index in [1.54, 1.807) is 13.2 Å². The van der Waals surface area contributed by atoms with E-state index in [-0.39, 0.29) is 11.5 Å². The standard InChI is InChI=1S/C21H36O4/c1-4-5-6-7-8-9-11-19(23-2)12-10-13-20(24-3)17-21-16-18(22)14-15-25-21/h14-16,19-20H,4-13,17H2,1-3H3. The topological polar surface area (TPSA) is 48.7 Å². The molecule has 0 saturated carbocycles. The van der Waals surface area contributed by atoms with Gasteiger partial charge in [-0.05, 0) is 25.7 Å². The monoisotopic (exact) mass is 352 g/mol. The quantitative estimate of drug-likeness (QED) is 0.410. The van der Waals surface area contributed by atoms with Crippen molar-refractivity contribution in [3.05, 3.63) is 34.4 Å². The first kappa shape index (κ1) is 21.9. The van der Waals surface area contributed by atoms with Gasteiger partial charge in [0.25, 0.3) is 0 Å². The van der Waals surface area contributed by atoms with Crippen LogP contribution in [0.3, 0.4) is 0 Å². The SMILES string of the molecule is CCCCCCCCC(CCCC(Cc1cc(=O)cco1)OC)OC. The zero-order valence-corrected chi connectivity index (χ0v) is 16.3. The van der Waals surface area contributed by atoms with Crippen LogP contribution in [0.25, 0.3) is 0 Å². The van der Waals surface area contributed by atoms with Crippen molar-refractivity contribution in [3.63, 3.8) is 0 Å². The summed E-state index contributed by atoms with van der Waals surface area (Å²) in [6.45, 7) is 2.25. The molecule has 1 aromatic rings. The molecule has 4 nitrogen and oxygen atoms in total. The molecule has 0 aliphatic heterocycles. The Kier molecular flexibility index (Phi) is 12.3. The third-order valence-corrected chi connectivity index (χ3v) is 4.78. The largest absolute Gasteiger partial charge is 0.469 e. The Hall–Kier alpha value is -1.13. The molecule has 2 unspecified atom stereocenters. The molecule has 0 aliphatic carbocycles. The maximum Gasteiger partial charge on any atom is 0.185 e. The first-order chi connectivity index (χ1) is 12.2. The molecule has 0 bridgehead atoms. The fourth-order valence-electron chi connectivity index (χ4n) is 3.17. The molecule has 0 aliphatic rings. The molecule has 1 aromatic heterocycles. The number of hydrogen-bond acceptors (Lipinski definition) is 4. The Morgan fingerprint density at radius 3 is 2.24 bits per heavy atom. The van der Waals surface area contributed by atoms with Crippen molar-refractivity contribution in [1.29, 1.82) is 0 Å². The fraction of sp³-hybridized carbons (Fsp3) is 0.762. The summed E-state index contributed by atoms with van der Waals surface area (Å²) in [6.07, 6.45) is 14.7. The highest BCUT2D eigenvalue weighted by Crippen LogP contribution is 2.17. The van der Waals surface area contributed by atoms with Crippen molar-refractivity contribution >= 4 is 0 Å². The molecule has 0 N–H and O–H groups in total. The minimum absolute atomic E-state index is 0.0190. The number of rotatable bonds is 15. The van der Waals surface area contributed by atoms with E-state index < -0.39 is 0 Å². The molecule has 4 heteroatoms. The second-order valence-electron chi connectivity index (χ2n) is 6.84. The highest BCUT2D eigenvalue weighted by atomic mass is 16.5. The molecule has 0 aromatic carbocycles. The van der Waals surface area contributed by atoms with Crippen LogP contribution in [0.1, 0.15) is 76.9 Å². The van der Waals surface area contributed by atoms with Gasteiger partial charge in [0.1, 0.15) is 5.76 Å². The fourth-order valence-corrected chi connectivity index (χ4v) is 3.17. The van der Waals surface area contributed by atoms with Crippen molar-refractivity contribution in [2.75, 3.05) is 14.2 Å². The van der Waals surface area contributed by atoms with E-state index >= 15 is 0 Å². The minimum atomic E-state index is -0.0190. The van der Waals surface area contributed by atoms with Crippen LogP contribution in [0, 0.1) is 0 Å². The first-order valence-electron chi connectivity index (χ1n) is 9.82. The molecule has 0 spiro atoms. The lowest BCUT2D eigenvalue weighted by Crippen LogP contribution is -2.17. The van der Waals surface area contributed by atoms with E-state index in [4.69, 9.17) is 13.9 Å². The van der Waals surface area contributed by atoms with Gasteiger partial charge in [-0.15, -0.1) is 0 Å². The summed E-state index contributed by atoms with van der Waals surface area (Å²) in [5, 5.41) is 0. The number of methoxy groups -OCH3 is 2. The number of ether oxygens (including phenoxy) is 2. The van der Waals surface area contributed by atoms with Gasteiger partial charge >= 0.3 is 0 Å². The van der Waals surface area contributed by atoms with Gasteiger partial charge < -0.3 is 13.9 Å². The lowest BCUT2D eigenvalue weighted by molar-refractivity contribution is 0.0646. The summed E-state index contributed by atoms with van der Waals surface area (Å²) in [4.78, 5) is 11.4. The van der Waals surface area contributed by atoms with E-state index in [0.717, 1.165) is 25.7 Å². The van der Waals surface area contributed by atoms with Crippen molar-refractivity contribution in [2.45, 2.75) is 89.8 Å². The molecule has 25 heavy (non-hydrogen) atoms. The predicted molar refractivity (Wildman–Crippen MR) is 102 cm³/mol. The highest BCUT2D eigenvalue weighted by molar-refractivity contribution is 5.01. The van der Waals surface area contributed by atoms with E-state index in [2.05, 4.69) is 6.92 Å². The second kappa shape index (κ2) is 14.1. The third kappa shape index (κ3) is 10.5. The van der Waals surface area contributed by atoms with Crippen molar-refractivity contribution < 1.29 is 13.9 Å². The van der Waals surface area contributed by atoms with Crippen molar-refractivity contribution in [1.82, 2.24) is 0 Å². The van der Waals surface area contributed by atoms with Crippen molar-refractivity contribution in [2.24, 2.45) is 0 Å². The van der Waals surface area contributed by atoms with E-state index in [9.17, 15) is 4.79 Å². The molecule has 0 fully saturated rings. The van der Waals surface area contributed by atoms with Crippen molar-refractivity contribution in [3.8, 4) is 0 Å². The predicted octanol–water partition coefficient (Wildman–Crippen LogP) is 5.13. The van der Waals surface area contributed by atoms with E-state index in [1.165, 1.54) is 50.9 Å². The summed E-state index contributed by atoms with van der Waals surface area (Å²) < 4.78 is 16.5. The van der Waals surface area contributed by atoms with Gasteiger partial charge in [0, 0.05) is 32.8 Å². The molecule has 1 rings (SSSR count). The zero-order valence-electron chi connectivity index (χ0n) is 16.3. The van der Waals surface area contributed by atoms with Gasteiger partial charge in [0.15, 0.2) is 5.43 Å². The average molecular weight is 353 g/mol. The van der Waals surface area contributed by atoms with E-state index in [1.807, 2.05) is 7.11 Å². The molecule has 0 saturated heterocycles. The van der Waals surface area contributed by atoms with Crippen LogP contribution < -0.4 is 5.43 Å². The van der Waals surface area contributed by atoms with E-state index in [0.29, 0.717) is 18.3 Å². The normalized spacial score (nSPS) is 13.7. The molecular formula is C21H36O4. The number of unbranched alkanes of at least 4 members (excludes halogenated alkanes) is 5. The Balaban J connectivity index is 2.21. The lowest BCUT2D eigenvalue weighted by atomic mass is 10.0. The van der Waals surface area contributed by atoms with Gasteiger partial charge in [-0.25, -0.2) is 0 Å². The highest BCUT2D eigenvalue weighted by Gasteiger charge is 2.13. The Morgan fingerprint density at radius 2 is 1.56 bits per heavy atom. The summed E-state index contributed by atoms with van der Waals surface area (Å²) in [5.41, 5.74) is -0.0190. The van der Waals surface area contributed by atoms with Crippen LogP contribution in [-0.2, 0) is 15.9 Å².